The standard InChI is InChI=1S/C20H16F3N3O3/c1-12(19(27)25-16-8-7-15(21)17(22)18(16)23)29-20(28)14-9-24-26(11-14)10-13-5-3-2-4-6-13/h2-9,11-12H,10H2,1H3,(H,25,27). The van der Waals surface area contributed by atoms with Crippen LogP contribution in [0.15, 0.2) is 54.9 Å². The molecule has 0 aliphatic carbocycles. The number of nitrogens with one attached hydrogen (secondary N) is 1. The van der Waals surface area contributed by atoms with E-state index < -0.39 is 41.1 Å². The quantitative estimate of drug-likeness (QED) is 0.505. The van der Waals surface area contributed by atoms with Crippen LogP contribution in [0, 0.1) is 17.5 Å². The molecule has 1 amide bonds. The molecule has 0 saturated heterocycles. The molecule has 0 aliphatic heterocycles. The van der Waals surface area contributed by atoms with Crippen LogP contribution in [0.25, 0.3) is 0 Å². The first kappa shape index (κ1) is 20.1. The maximum Gasteiger partial charge on any atom is 0.342 e. The van der Waals surface area contributed by atoms with Crippen LogP contribution in [0.4, 0.5) is 18.9 Å². The van der Waals surface area contributed by atoms with Crippen LogP contribution in [-0.4, -0.2) is 27.8 Å². The van der Waals surface area contributed by atoms with Crippen molar-refractivity contribution in [1.82, 2.24) is 9.78 Å². The number of carbonyl (C=O) groups is 2. The third kappa shape index (κ3) is 4.81. The summed E-state index contributed by atoms with van der Waals surface area (Å²) in [6, 6.07) is 11.0. The zero-order valence-corrected chi connectivity index (χ0v) is 15.2. The summed E-state index contributed by atoms with van der Waals surface area (Å²) >= 11 is 0. The average Bonchev–Trinajstić information content (AvgIpc) is 3.17. The van der Waals surface area contributed by atoms with Crippen molar-refractivity contribution in [2.75, 3.05) is 5.32 Å². The van der Waals surface area contributed by atoms with E-state index in [2.05, 4.69) is 10.4 Å². The van der Waals surface area contributed by atoms with Crippen molar-refractivity contribution in [3.63, 3.8) is 0 Å². The fraction of sp³-hybridized carbons (Fsp3) is 0.150. The Hall–Kier alpha value is -3.62. The maximum absolute atomic E-state index is 13.6. The van der Waals surface area contributed by atoms with Crippen molar-refractivity contribution >= 4 is 17.6 Å². The summed E-state index contributed by atoms with van der Waals surface area (Å²) in [5, 5.41) is 6.12. The van der Waals surface area contributed by atoms with Gasteiger partial charge in [-0.25, -0.2) is 18.0 Å². The van der Waals surface area contributed by atoms with Crippen LogP contribution in [0.5, 0.6) is 0 Å². The van der Waals surface area contributed by atoms with Crippen molar-refractivity contribution in [2.24, 2.45) is 0 Å². The third-order valence-electron chi connectivity index (χ3n) is 4.00. The lowest BCUT2D eigenvalue weighted by Crippen LogP contribution is -2.30. The van der Waals surface area contributed by atoms with Gasteiger partial charge in [-0.05, 0) is 24.6 Å². The summed E-state index contributed by atoms with van der Waals surface area (Å²) in [6.07, 6.45) is 1.45. The highest BCUT2D eigenvalue weighted by molar-refractivity contribution is 5.97. The van der Waals surface area contributed by atoms with Gasteiger partial charge in [0.05, 0.1) is 24.0 Å². The van der Waals surface area contributed by atoms with Crippen LogP contribution in [0.1, 0.15) is 22.8 Å². The lowest BCUT2D eigenvalue weighted by Gasteiger charge is -2.13. The van der Waals surface area contributed by atoms with E-state index in [1.54, 1.807) is 0 Å². The summed E-state index contributed by atoms with van der Waals surface area (Å²) in [5.74, 6) is -6.34. The Morgan fingerprint density at radius 1 is 1.10 bits per heavy atom. The Balaban J connectivity index is 1.60. The normalized spacial score (nSPS) is 11.7. The third-order valence-corrected chi connectivity index (χ3v) is 4.00. The molecule has 150 valence electrons. The number of carbonyl (C=O) groups excluding carboxylic acids is 2. The Bertz CT molecular complexity index is 1040. The van der Waals surface area contributed by atoms with Crippen LogP contribution in [0.3, 0.4) is 0 Å². The van der Waals surface area contributed by atoms with E-state index in [4.69, 9.17) is 4.74 Å². The van der Waals surface area contributed by atoms with E-state index in [1.807, 2.05) is 30.3 Å². The number of amides is 1. The molecule has 0 radical (unpaired) electrons. The molecule has 1 atom stereocenters. The van der Waals surface area contributed by atoms with Gasteiger partial charge in [-0.1, -0.05) is 30.3 Å². The molecule has 0 aliphatic rings. The number of hydrogen-bond donors (Lipinski definition) is 1. The largest absolute Gasteiger partial charge is 0.449 e. The second kappa shape index (κ2) is 8.59. The first-order valence-corrected chi connectivity index (χ1v) is 8.57. The Morgan fingerprint density at radius 2 is 1.83 bits per heavy atom. The van der Waals surface area contributed by atoms with E-state index in [1.165, 1.54) is 24.0 Å². The molecule has 6 nitrogen and oxygen atoms in total. The number of hydrogen-bond acceptors (Lipinski definition) is 4. The molecule has 3 aromatic rings. The zero-order valence-electron chi connectivity index (χ0n) is 15.2. The molecule has 9 heteroatoms. The maximum atomic E-state index is 13.6. The molecule has 1 N–H and O–H groups in total. The minimum absolute atomic E-state index is 0.125. The number of rotatable bonds is 6. The molecule has 0 fully saturated rings. The molecule has 1 heterocycles. The van der Waals surface area contributed by atoms with Gasteiger partial charge >= 0.3 is 5.97 Å². The molecule has 1 aromatic heterocycles. The lowest BCUT2D eigenvalue weighted by atomic mass is 10.2. The van der Waals surface area contributed by atoms with E-state index >= 15 is 0 Å². The fourth-order valence-electron chi connectivity index (χ4n) is 2.46. The Kier molecular flexibility index (Phi) is 5.96. The summed E-state index contributed by atoms with van der Waals surface area (Å²) in [6.45, 7) is 1.71. The summed E-state index contributed by atoms with van der Waals surface area (Å²) < 4.78 is 46.4. The highest BCUT2D eigenvalue weighted by atomic mass is 19.2. The van der Waals surface area contributed by atoms with E-state index in [0.29, 0.717) is 12.6 Å². The second-order valence-electron chi connectivity index (χ2n) is 6.17. The van der Waals surface area contributed by atoms with Crippen LogP contribution < -0.4 is 5.32 Å². The molecule has 1 unspecified atom stereocenters. The van der Waals surface area contributed by atoms with Crippen molar-refractivity contribution in [1.29, 1.82) is 0 Å². The van der Waals surface area contributed by atoms with Crippen molar-refractivity contribution in [3.8, 4) is 0 Å². The highest BCUT2D eigenvalue weighted by Gasteiger charge is 2.22. The first-order chi connectivity index (χ1) is 13.8. The molecule has 3 rings (SSSR count). The molecule has 0 saturated carbocycles. The van der Waals surface area contributed by atoms with Crippen molar-refractivity contribution in [3.05, 3.63) is 83.4 Å². The van der Waals surface area contributed by atoms with Crippen LogP contribution in [-0.2, 0) is 16.1 Å². The molecular weight excluding hydrogens is 387 g/mol. The number of esters is 1. The van der Waals surface area contributed by atoms with E-state index in [0.717, 1.165) is 11.6 Å². The Morgan fingerprint density at radius 3 is 2.55 bits per heavy atom. The van der Waals surface area contributed by atoms with Gasteiger partial charge in [0, 0.05) is 6.20 Å². The van der Waals surface area contributed by atoms with Crippen LogP contribution in [0.2, 0.25) is 0 Å². The number of nitrogens with zero attached hydrogens (tertiary/aromatic N) is 2. The zero-order chi connectivity index (χ0) is 21.0. The minimum atomic E-state index is -1.71. The number of ether oxygens (including phenoxy) is 1. The van der Waals surface area contributed by atoms with Gasteiger partial charge in [0.2, 0.25) is 0 Å². The van der Waals surface area contributed by atoms with Gasteiger partial charge in [-0.15, -0.1) is 0 Å². The first-order valence-electron chi connectivity index (χ1n) is 8.57. The summed E-state index contributed by atoms with van der Waals surface area (Å²) in [4.78, 5) is 24.3. The SMILES string of the molecule is CC(OC(=O)c1cnn(Cc2ccccc2)c1)C(=O)Nc1ccc(F)c(F)c1F. The van der Waals surface area contributed by atoms with Crippen molar-refractivity contribution < 1.29 is 27.5 Å². The molecule has 0 bridgehead atoms. The minimum Gasteiger partial charge on any atom is -0.449 e. The van der Waals surface area contributed by atoms with Crippen LogP contribution >= 0.6 is 0 Å². The Labute approximate surface area is 163 Å². The molecular formula is C20H16F3N3O3. The number of aromatic nitrogens is 2. The second-order valence-corrected chi connectivity index (χ2v) is 6.17. The van der Waals surface area contributed by atoms with Gasteiger partial charge in [-0.3, -0.25) is 9.48 Å². The molecule has 29 heavy (non-hydrogen) atoms. The summed E-state index contributed by atoms with van der Waals surface area (Å²) in [7, 11) is 0. The lowest BCUT2D eigenvalue weighted by molar-refractivity contribution is -0.123. The van der Waals surface area contributed by atoms with E-state index in [-0.39, 0.29) is 5.56 Å². The van der Waals surface area contributed by atoms with Gasteiger partial charge in [-0.2, -0.15) is 5.10 Å². The predicted octanol–water partition coefficient (Wildman–Crippen LogP) is 3.53. The highest BCUT2D eigenvalue weighted by Crippen LogP contribution is 2.20. The monoisotopic (exact) mass is 403 g/mol. The number of benzene rings is 2. The smallest absolute Gasteiger partial charge is 0.342 e. The molecule has 0 spiro atoms. The summed E-state index contributed by atoms with van der Waals surface area (Å²) in [5.41, 5.74) is 0.545. The molecule has 2 aromatic carbocycles. The average molecular weight is 403 g/mol. The number of halogens is 3. The van der Waals surface area contributed by atoms with Gasteiger partial charge in [0.15, 0.2) is 23.6 Å². The topological polar surface area (TPSA) is 73.2 Å². The number of anilines is 1. The van der Waals surface area contributed by atoms with Gasteiger partial charge < -0.3 is 10.1 Å². The van der Waals surface area contributed by atoms with E-state index in [9.17, 15) is 22.8 Å². The van der Waals surface area contributed by atoms with Gasteiger partial charge in [0.1, 0.15) is 0 Å². The van der Waals surface area contributed by atoms with Crippen molar-refractivity contribution in [2.45, 2.75) is 19.6 Å². The van der Waals surface area contributed by atoms with Gasteiger partial charge in [0.25, 0.3) is 5.91 Å². The predicted molar refractivity (Wildman–Crippen MR) is 97.6 cm³/mol. The fourth-order valence-corrected chi connectivity index (χ4v) is 2.46.